The average Bonchev–Trinajstić information content (AvgIpc) is 1.63. The van der Waals surface area contributed by atoms with Gasteiger partial charge in [0.15, 0.2) is 0 Å². The topological polar surface area (TPSA) is 61.4 Å². The van der Waals surface area contributed by atoms with Crippen molar-refractivity contribution < 1.29 is 9.90 Å². The van der Waals surface area contributed by atoms with Gasteiger partial charge in [-0.25, -0.2) is 4.79 Å². The molecule has 0 spiro atoms. The number of amides is 2. The van der Waals surface area contributed by atoms with Gasteiger partial charge in [-0.2, -0.15) is 0 Å². The number of aliphatic hydroxyl groups is 1. The molecule has 3 N–H and O–H groups in total. The van der Waals surface area contributed by atoms with Gasteiger partial charge in [-0.15, -0.1) is 0 Å². The Morgan fingerprint density at radius 1 is 1.78 bits per heavy atom. The minimum absolute atomic E-state index is 0.340. The van der Waals surface area contributed by atoms with Gasteiger partial charge in [0.25, 0.3) is 0 Å². The molecule has 0 saturated heterocycles. The van der Waals surface area contributed by atoms with Gasteiger partial charge < -0.3 is 15.7 Å². The number of rotatable bonds is 2. The third-order valence-corrected chi connectivity index (χ3v) is 0.677. The molecule has 9 heavy (non-hydrogen) atoms. The molecule has 0 aliphatic heterocycles. The van der Waals surface area contributed by atoms with Gasteiger partial charge in [0, 0.05) is 6.54 Å². The van der Waals surface area contributed by atoms with Crippen molar-refractivity contribution in [2.45, 2.75) is 20.1 Å². The maximum atomic E-state index is 10.5. The smallest absolute Gasteiger partial charge is 0.316 e. The minimum atomic E-state index is -0.781. The Hall–Kier alpha value is -0.770. The third-order valence-electron chi connectivity index (χ3n) is 0.677. The van der Waals surface area contributed by atoms with Crippen LogP contribution in [0.25, 0.3) is 0 Å². The van der Waals surface area contributed by atoms with E-state index in [2.05, 4.69) is 10.6 Å². The van der Waals surface area contributed by atoms with Crippen LogP contribution in [0.3, 0.4) is 0 Å². The second kappa shape index (κ2) is 4.14. The largest absolute Gasteiger partial charge is 0.374 e. The molecule has 0 aromatic carbocycles. The lowest BCUT2D eigenvalue weighted by atomic mass is 10.6. The zero-order valence-electron chi connectivity index (χ0n) is 5.64. The Labute approximate surface area is 54.3 Å². The SMILES string of the molecule is CCNC(=O)NC(C)O. The van der Waals surface area contributed by atoms with E-state index in [1.165, 1.54) is 6.92 Å². The number of aliphatic hydroxyl groups excluding tert-OH is 1. The van der Waals surface area contributed by atoms with Gasteiger partial charge in [0.1, 0.15) is 6.23 Å². The highest BCUT2D eigenvalue weighted by molar-refractivity contribution is 5.73. The lowest BCUT2D eigenvalue weighted by Gasteiger charge is -2.06. The highest BCUT2D eigenvalue weighted by atomic mass is 16.3. The molecule has 0 fully saturated rings. The molecular weight excluding hydrogens is 120 g/mol. The van der Waals surface area contributed by atoms with Gasteiger partial charge in [0.2, 0.25) is 0 Å². The van der Waals surface area contributed by atoms with Crippen molar-refractivity contribution in [3.63, 3.8) is 0 Å². The summed E-state index contributed by atoms with van der Waals surface area (Å²) < 4.78 is 0. The molecular formula is C5H12N2O2. The Bertz CT molecular complexity index is 93.0. The van der Waals surface area contributed by atoms with E-state index in [9.17, 15) is 4.79 Å². The molecule has 0 rings (SSSR count). The molecule has 2 amide bonds. The fourth-order valence-corrected chi connectivity index (χ4v) is 0.401. The van der Waals surface area contributed by atoms with Crippen LogP contribution in [0.1, 0.15) is 13.8 Å². The molecule has 4 nitrogen and oxygen atoms in total. The van der Waals surface area contributed by atoms with Crippen molar-refractivity contribution in [3.8, 4) is 0 Å². The summed E-state index contributed by atoms with van der Waals surface area (Å²) >= 11 is 0. The predicted molar refractivity (Wildman–Crippen MR) is 33.9 cm³/mol. The Balaban J connectivity index is 3.27. The number of hydrogen-bond acceptors (Lipinski definition) is 2. The summed E-state index contributed by atoms with van der Waals surface area (Å²) in [5.74, 6) is 0. The highest BCUT2D eigenvalue weighted by Gasteiger charge is 1.98. The summed E-state index contributed by atoms with van der Waals surface area (Å²) in [6.07, 6.45) is -0.781. The average molecular weight is 132 g/mol. The summed E-state index contributed by atoms with van der Waals surface area (Å²) in [5, 5.41) is 13.3. The molecule has 0 aliphatic rings. The van der Waals surface area contributed by atoms with Crippen LogP contribution in [0.5, 0.6) is 0 Å². The summed E-state index contributed by atoms with van der Waals surface area (Å²) in [5.41, 5.74) is 0. The summed E-state index contributed by atoms with van der Waals surface area (Å²) in [6, 6.07) is -0.340. The fourth-order valence-electron chi connectivity index (χ4n) is 0.401. The van der Waals surface area contributed by atoms with E-state index in [0.717, 1.165) is 0 Å². The predicted octanol–water partition coefficient (Wildman–Crippen LogP) is -0.356. The minimum Gasteiger partial charge on any atom is -0.374 e. The number of urea groups is 1. The van der Waals surface area contributed by atoms with Crippen LogP contribution in [0, 0.1) is 0 Å². The molecule has 0 bridgehead atoms. The molecule has 0 aromatic heterocycles. The molecule has 0 aromatic rings. The Morgan fingerprint density at radius 2 is 2.33 bits per heavy atom. The Morgan fingerprint density at radius 3 is 2.67 bits per heavy atom. The van der Waals surface area contributed by atoms with E-state index < -0.39 is 6.23 Å². The molecule has 1 atom stereocenters. The normalized spacial score (nSPS) is 12.3. The van der Waals surface area contributed by atoms with E-state index in [1.54, 1.807) is 0 Å². The summed E-state index contributed by atoms with van der Waals surface area (Å²) in [4.78, 5) is 10.5. The fraction of sp³-hybridized carbons (Fsp3) is 0.800. The maximum Gasteiger partial charge on any atom is 0.316 e. The van der Waals surface area contributed by atoms with Crippen LogP contribution in [0.15, 0.2) is 0 Å². The molecule has 0 heterocycles. The number of carbonyl (C=O) groups is 1. The van der Waals surface area contributed by atoms with Crippen LogP contribution >= 0.6 is 0 Å². The first-order valence-corrected chi connectivity index (χ1v) is 2.89. The number of hydrogen-bond donors (Lipinski definition) is 3. The van der Waals surface area contributed by atoms with Gasteiger partial charge in [0.05, 0.1) is 0 Å². The monoisotopic (exact) mass is 132 g/mol. The summed E-state index contributed by atoms with van der Waals surface area (Å²) in [7, 11) is 0. The molecule has 0 aliphatic carbocycles. The maximum absolute atomic E-state index is 10.5. The van der Waals surface area contributed by atoms with Crippen LogP contribution in [0.4, 0.5) is 4.79 Å². The van der Waals surface area contributed by atoms with Crippen LogP contribution in [-0.4, -0.2) is 23.9 Å². The first-order valence-electron chi connectivity index (χ1n) is 2.89. The lowest BCUT2D eigenvalue weighted by molar-refractivity contribution is 0.157. The lowest BCUT2D eigenvalue weighted by Crippen LogP contribution is -2.40. The van der Waals surface area contributed by atoms with E-state index in [0.29, 0.717) is 6.54 Å². The number of carbonyl (C=O) groups excluding carboxylic acids is 1. The van der Waals surface area contributed by atoms with Gasteiger partial charge in [-0.3, -0.25) is 0 Å². The van der Waals surface area contributed by atoms with Crippen LogP contribution in [-0.2, 0) is 0 Å². The zero-order chi connectivity index (χ0) is 7.28. The van der Waals surface area contributed by atoms with Gasteiger partial charge >= 0.3 is 6.03 Å². The molecule has 54 valence electrons. The van der Waals surface area contributed by atoms with Gasteiger partial charge in [-0.1, -0.05) is 0 Å². The van der Waals surface area contributed by atoms with E-state index in [-0.39, 0.29) is 6.03 Å². The third kappa shape index (κ3) is 5.10. The molecule has 0 radical (unpaired) electrons. The first kappa shape index (κ1) is 8.23. The van der Waals surface area contributed by atoms with Crippen molar-refractivity contribution in [2.24, 2.45) is 0 Å². The molecule has 1 unspecified atom stereocenters. The second-order valence-corrected chi connectivity index (χ2v) is 1.68. The first-order chi connectivity index (χ1) is 4.16. The molecule has 0 saturated carbocycles. The molecule has 4 heteroatoms. The van der Waals surface area contributed by atoms with Crippen molar-refractivity contribution in [1.82, 2.24) is 10.6 Å². The van der Waals surface area contributed by atoms with Crippen molar-refractivity contribution in [2.75, 3.05) is 6.54 Å². The Kier molecular flexibility index (Phi) is 3.79. The standard InChI is InChI=1S/C5H12N2O2/c1-3-6-5(9)7-4(2)8/h4,8H,3H2,1-2H3,(H2,6,7,9). The van der Waals surface area contributed by atoms with Crippen molar-refractivity contribution in [3.05, 3.63) is 0 Å². The second-order valence-electron chi connectivity index (χ2n) is 1.68. The summed E-state index contributed by atoms with van der Waals surface area (Å²) in [6.45, 7) is 3.86. The highest BCUT2D eigenvalue weighted by Crippen LogP contribution is 1.70. The van der Waals surface area contributed by atoms with Crippen LogP contribution < -0.4 is 10.6 Å². The zero-order valence-corrected chi connectivity index (χ0v) is 5.64. The van der Waals surface area contributed by atoms with E-state index in [4.69, 9.17) is 5.11 Å². The van der Waals surface area contributed by atoms with Crippen LogP contribution in [0.2, 0.25) is 0 Å². The van der Waals surface area contributed by atoms with Crippen molar-refractivity contribution >= 4 is 6.03 Å². The van der Waals surface area contributed by atoms with E-state index >= 15 is 0 Å². The number of nitrogens with one attached hydrogen (secondary N) is 2. The quantitative estimate of drug-likeness (QED) is 0.449. The van der Waals surface area contributed by atoms with Gasteiger partial charge in [-0.05, 0) is 13.8 Å². The van der Waals surface area contributed by atoms with E-state index in [1.807, 2.05) is 6.92 Å². The van der Waals surface area contributed by atoms with Crippen molar-refractivity contribution in [1.29, 1.82) is 0 Å².